The summed E-state index contributed by atoms with van der Waals surface area (Å²) in [7, 11) is -3.79. The number of rotatable bonds is 9. The lowest BCUT2D eigenvalue weighted by molar-refractivity contribution is -0.137. The topological polar surface area (TPSA) is 82.6 Å². The number of piperidine rings is 2. The molecule has 0 spiro atoms. The number of sulfone groups is 1. The van der Waals surface area contributed by atoms with E-state index in [-0.39, 0.29) is 56.5 Å². The number of halogens is 4. The number of alkyl halides is 3. The van der Waals surface area contributed by atoms with Gasteiger partial charge in [-0.3, -0.25) is 9.69 Å². The van der Waals surface area contributed by atoms with Gasteiger partial charge in [0.2, 0.25) is 0 Å². The summed E-state index contributed by atoms with van der Waals surface area (Å²) in [5.41, 5.74) is 1.28. The van der Waals surface area contributed by atoms with E-state index in [0.29, 0.717) is 11.6 Å². The van der Waals surface area contributed by atoms with E-state index in [1.165, 1.54) is 44.4 Å². The van der Waals surface area contributed by atoms with Crippen molar-refractivity contribution in [3.63, 3.8) is 0 Å². The number of nitrogens with zero attached hydrogens (tertiary/aromatic N) is 3. The Morgan fingerprint density at radius 1 is 0.959 bits per heavy atom. The van der Waals surface area contributed by atoms with Crippen molar-refractivity contribution in [2.24, 2.45) is 0 Å². The Morgan fingerprint density at radius 3 is 2.35 bits per heavy atom. The van der Waals surface area contributed by atoms with Gasteiger partial charge in [-0.1, -0.05) is 67.4 Å². The summed E-state index contributed by atoms with van der Waals surface area (Å²) < 4.78 is 68.1. The number of carbonyl (C=O) groups excluding carboxylic acids is 1. The zero-order chi connectivity index (χ0) is 34.8. The second kappa shape index (κ2) is 14.8. The van der Waals surface area contributed by atoms with Crippen LogP contribution in [0.4, 0.5) is 13.2 Å². The quantitative estimate of drug-likeness (QED) is 0.191. The molecule has 2 fully saturated rings. The average molecular weight is 713 g/mol. The lowest BCUT2D eigenvalue weighted by atomic mass is 9.93. The molecule has 6 rings (SSSR count). The molecule has 3 aromatic carbocycles. The first-order valence-corrected chi connectivity index (χ1v) is 18.8. The first kappa shape index (κ1) is 35.3. The van der Waals surface area contributed by atoms with Gasteiger partial charge in [0, 0.05) is 35.6 Å². The minimum absolute atomic E-state index is 0.0694. The van der Waals surface area contributed by atoms with Crippen LogP contribution in [0.25, 0.3) is 22.2 Å². The van der Waals surface area contributed by atoms with Crippen LogP contribution in [0.1, 0.15) is 66.1 Å². The summed E-state index contributed by atoms with van der Waals surface area (Å²) in [6.45, 7) is 5.61. The summed E-state index contributed by atoms with van der Waals surface area (Å²) in [5, 5.41) is 3.19. The molecule has 1 amide bonds. The SMILES string of the molecule is CCS(=O)(=O)c1cc2c(C(=O)NCc3ccccc3)c(CN3CCC(N4CCCCC4)CC3)c(-c3cccc(C(F)(F)F)c3)nc2cc1Cl. The lowest BCUT2D eigenvalue weighted by Crippen LogP contribution is -2.46. The maximum Gasteiger partial charge on any atom is 0.416 e. The predicted octanol–water partition coefficient (Wildman–Crippen LogP) is 7.75. The fourth-order valence-corrected chi connectivity index (χ4v) is 8.48. The highest BCUT2D eigenvalue weighted by molar-refractivity contribution is 7.91. The molecule has 260 valence electrons. The number of carbonyl (C=O) groups is 1. The molecule has 1 aromatic heterocycles. The van der Waals surface area contributed by atoms with Gasteiger partial charge in [-0.2, -0.15) is 13.2 Å². The molecule has 0 saturated carbocycles. The van der Waals surface area contributed by atoms with Crippen LogP contribution < -0.4 is 5.32 Å². The standard InChI is InChI=1S/C37H40ClF3N4O3S/c1-2-49(47,48)33-21-29-32(22-31(33)38)43-35(26-12-9-13-27(20-26)37(39,40)41)30(34(29)36(46)42-23-25-10-5-3-6-11-25)24-44-18-14-28(15-19-44)45-16-7-4-8-17-45/h3,5-6,9-13,20-22,28H,2,4,7-8,14-19,23-24H2,1H3,(H,42,46). The number of hydrogen-bond donors (Lipinski definition) is 1. The average Bonchev–Trinajstić information content (AvgIpc) is 3.11. The number of hydrogen-bond acceptors (Lipinski definition) is 6. The van der Waals surface area contributed by atoms with E-state index in [0.717, 1.165) is 56.7 Å². The molecule has 12 heteroatoms. The number of aromatic nitrogens is 1. The Hall–Kier alpha value is -3.51. The van der Waals surface area contributed by atoms with Crippen LogP contribution in [0.15, 0.2) is 71.6 Å². The van der Waals surface area contributed by atoms with Crippen LogP contribution in [-0.2, 0) is 29.1 Å². The molecule has 4 aromatic rings. The van der Waals surface area contributed by atoms with Crippen molar-refractivity contribution in [2.45, 2.75) is 69.2 Å². The molecule has 0 atom stereocenters. The van der Waals surface area contributed by atoms with Crippen molar-refractivity contribution in [1.82, 2.24) is 20.1 Å². The van der Waals surface area contributed by atoms with Crippen LogP contribution >= 0.6 is 11.6 Å². The fourth-order valence-electron chi connectivity index (χ4n) is 7.01. The molecule has 3 heterocycles. The van der Waals surface area contributed by atoms with Crippen molar-refractivity contribution in [3.05, 3.63) is 94.0 Å². The van der Waals surface area contributed by atoms with Gasteiger partial charge in [0.25, 0.3) is 5.91 Å². The number of pyridine rings is 1. The molecule has 7 nitrogen and oxygen atoms in total. The van der Waals surface area contributed by atoms with E-state index in [1.54, 1.807) is 6.07 Å². The lowest BCUT2D eigenvalue weighted by Gasteiger charge is -2.40. The maximum absolute atomic E-state index is 14.4. The van der Waals surface area contributed by atoms with Crippen LogP contribution in [-0.4, -0.2) is 67.1 Å². The molecular formula is C37H40ClF3N4O3S. The van der Waals surface area contributed by atoms with Crippen molar-refractivity contribution in [2.75, 3.05) is 31.9 Å². The first-order valence-electron chi connectivity index (χ1n) is 16.8. The van der Waals surface area contributed by atoms with E-state index in [9.17, 15) is 26.4 Å². The zero-order valence-electron chi connectivity index (χ0n) is 27.4. The third-order valence-electron chi connectivity index (χ3n) is 9.69. The normalized spacial score (nSPS) is 17.0. The molecule has 0 bridgehead atoms. The van der Waals surface area contributed by atoms with Crippen molar-refractivity contribution in [1.29, 1.82) is 0 Å². The summed E-state index contributed by atoms with van der Waals surface area (Å²) in [6, 6.07) is 17.5. The molecule has 0 unspecified atom stereocenters. The molecular weight excluding hydrogens is 673 g/mol. The monoisotopic (exact) mass is 712 g/mol. The van der Waals surface area contributed by atoms with E-state index in [2.05, 4.69) is 15.1 Å². The summed E-state index contributed by atoms with van der Waals surface area (Å²) >= 11 is 6.52. The van der Waals surface area contributed by atoms with Gasteiger partial charge in [-0.05, 0) is 81.7 Å². The zero-order valence-corrected chi connectivity index (χ0v) is 29.0. The van der Waals surface area contributed by atoms with E-state index >= 15 is 0 Å². The highest BCUT2D eigenvalue weighted by Crippen LogP contribution is 2.38. The number of amides is 1. The Morgan fingerprint density at radius 2 is 1.67 bits per heavy atom. The summed E-state index contributed by atoms with van der Waals surface area (Å²) in [4.78, 5) is 23.8. The highest BCUT2D eigenvalue weighted by atomic mass is 35.5. The van der Waals surface area contributed by atoms with Crippen LogP contribution in [0.2, 0.25) is 5.02 Å². The van der Waals surface area contributed by atoms with Gasteiger partial charge >= 0.3 is 6.18 Å². The Kier molecular flexibility index (Phi) is 10.6. The minimum atomic E-state index is -4.59. The third kappa shape index (κ3) is 7.95. The molecule has 2 aliphatic rings. The van der Waals surface area contributed by atoms with Crippen LogP contribution in [0, 0.1) is 0 Å². The largest absolute Gasteiger partial charge is 0.416 e. The van der Waals surface area contributed by atoms with Gasteiger partial charge in [0.05, 0.1) is 38.0 Å². The van der Waals surface area contributed by atoms with E-state index < -0.39 is 27.5 Å². The van der Waals surface area contributed by atoms with E-state index in [4.69, 9.17) is 16.6 Å². The number of nitrogens with one attached hydrogen (secondary N) is 1. The molecule has 2 aliphatic heterocycles. The smallest absolute Gasteiger partial charge is 0.348 e. The van der Waals surface area contributed by atoms with Crippen molar-refractivity contribution < 1.29 is 26.4 Å². The van der Waals surface area contributed by atoms with Crippen LogP contribution in [0.3, 0.4) is 0 Å². The Labute approximate surface area is 290 Å². The molecule has 0 radical (unpaired) electrons. The third-order valence-corrected chi connectivity index (χ3v) is 11.9. The predicted molar refractivity (Wildman–Crippen MR) is 186 cm³/mol. The number of likely N-dealkylation sites (tertiary alicyclic amines) is 2. The van der Waals surface area contributed by atoms with Crippen molar-refractivity contribution >= 4 is 38.2 Å². The summed E-state index contributed by atoms with van der Waals surface area (Å²) in [5.74, 6) is -0.688. The van der Waals surface area contributed by atoms with Crippen LogP contribution in [0.5, 0.6) is 0 Å². The second-order valence-corrected chi connectivity index (χ2v) is 15.5. The highest BCUT2D eigenvalue weighted by Gasteiger charge is 2.33. The maximum atomic E-state index is 14.4. The second-order valence-electron chi connectivity index (χ2n) is 12.9. The van der Waals surface area contributed by atoms with Gasteiger partial charge in [0.1, 0.15) is 0 Å². The fraction of sp³-hybridized carbons (Fsp3) is 0.405. The number of benzene rings is 3. The van der Waals surface area contributed by atoms with Gasteiger partial charge < -0.3 is 10.2 Å². The Balaban J connectivity index is 1.50. The molecule has 49 heavy (non-hydrogen) atoms. The minimum Gasteiger partial charge on any atom is -0.348 e. The van der Waals surface area contributed by atoms with Gasteiger partial charge in [-0.15, -0.1) is 0 Å². The Bertz CT molecular complexity index is 1930. The summed E-state index contributed by atoms with van der Waals surface area (Å²) in [6.07, 6.45) is 0.930. The van der Waals surface area contributed by atoms with Gasteiger partial charge in [0.15, 0.2) is 9.84 Å². The van der Waals surface area contributed by atoms with Crippen molar-refractivity contribution in [3.8, 4) is 11.3 Å². The van der Waals surface area contributed by atoms with Gasteiger partial charge in [-0.25, -0.2) is 13.4 Å². The molecule has 0 aliphatic carbocycles. The van der Waals surface area contributed by atoms with E-state index in [1.807, 2.05) is 30.3 Å². The first-order chi connectivity index (χ1) is 23.4. The number of fused-ring (bicyclic) bond motifs is 1. The molecule has 1 N–H and O–H groups in total. The molecule has 2 saturated heterocycles.